The number of carboxylic acids is 1. The molecule has 0 aromatic heterocycles. The van der Waals surface area contributed by atoms with Crippen molar-refractivity contribution in [2.24, 2.45) is 0 Å². The highest BCUT2D eigenvalue weighted by Crippen LogP contribution is 2.33. The molecule has 5 heteroatoms. The van der Waals surface area contributed by atoms with Crippen molar-refractivity contribution < 1.29 is 19.4 Å². The molecule has 2 aromatic carbocycles. The van der Waals surface area contributed by atoms with Crippen LogP contribution in [0.2, 0.25) is 0 Å². The van der Waals surface area contributed by atoms with Gasteiger partial charge in [0, 0.05) is 10.0 Å². The van der Waals surface area contributed by atoms with Crippen LogP contribution in [-0.2, 0) is 5.41 Å². The maximum Gasteiger partial charge on any atom is 0.335 e. The Labute approximate surface area is 150 Å². The average molecular weight is 393 g/mol. The Morgan fingerprint density at radius 1 is 1.04 bits per heavy atom. The molecule has 0 unspecified atom stereocenters. The van der Waals surface area contributed by atoms with Crippen LogP contribution in [0.3, 0.4) is 0 Å². The predicted octanol–water partition coefficient (Wildman–Crippen LogP) is 4.90. The fourth-order valence-corrected chi connectivity index (χ4v) is 2.58. The van der Waals surface area contributed by atoms with Crippen LogP contribution in [0.25, 0.3) is 0 Å². The molecule has 0 spiro atoms. The van der Waals surface area contributed by atoms with Crippen molar-refractivity contribution >= 4 is 21.9 Å². The maximum absolute atomic E-state index is 10.8. The van der Waals surface area contributed by atoms with Gasteiger partial charge >= 0.3 is 5.97 Å². The van der Waals surface area contributed by atoms with Crippen molar-refractivity contribution in [1.82, 2.24) is 0 Å². The van der Waals surface area contributed by atoms with Gasteiger partial charge in [-0.2, -0.15) is 0 Å². The summed E-state index contributed by atoms with van der Waals surface area (Å²) in [4.78, 5) is 10.8. The zero-order valence-corrected chi connectivity index (χ0v) is 15.6. The number of halogens is 1. The molecule has 0 atom stereocenters. The zero-order chi connectivity index (χ0) is 17.7. The third-order valence-corrected chi connectivity index (χ3v) is 3.95. The number of carboxylic acid groups (broad SMARTS) is 1. The standard InChI is InChI=1S/C19H21BrO4/c1-19(2,3)16-12-14(20)6-9-17(16)24-11-10-23-15-7-4-13(5-8-15)18(21)22/h4-9,12H,10-11H2,1-3H3,(H,21,22). The Balaban J connectivity index is 1.92. The first-order chi connectivity index (χ1) is 11.3. The summed E-state index contributed by atoms with van der Waals surface area (Å²) in [5, 5.41) is 8.86. The highest BCUT2D eigenvalue weighted by Gasteiger charge is 2.19. The van der Waals surface area contributed by atoms with E-state index in [9.17, 15) is 4.79 Å². The van der Waals surface area contributed by atoms with Crippen LogP contribution in [0.15, 0.2) is 46.9 Å². The lowest BCUT2D eigenvalue weighted by molar-refractivity contribution is 0.0697. The first-order valence-electron chi connectivity index (χ1n) is 7.66. The number of rotatable bonds is 6. The van der Waals surface area contributed by atoms with Gasteiger partial charge in [0.1, 0.15) is 24.7 Å². The summed E-state index contributed by atoms with van der Waals surface area (Å²) in [5.74, 6) is 0.515. The van der Waals surface area contributed by atoms with E-state index in [1.807, 2.05) is 12.1 Å². The molecule has 0 saturated carbocycles. The quantitative estimate of drug-likeness (QED) is 0.710. The lowest BCUT2D eigenvalue weighted by Crippen LogP contribution is -2.16. The summed E-state index contributed by atoms with van der Waals surface area (Å²) in [6.45, 7) is 7.21. The average Bonchev–Trinajstić information content (AvgIpc) is 2.52. The largest absolute Gasteiger partial charge is 0.490 e. The van der Waals surface area contributed by atoms with Crippen LogP contribution in [0, 0.1) is 0 Å². The minimum atomic E-state index is -0.949. The normalized spacial score (nSPS) is 11.2. The molecule has 1 N–H and O–H groups in total. The Hall–Kier alpha value is -2.01. The van der Waals surface area contributed by atoms with Gasteiger partial charge in [-0.15, -0.1) is 0 Å². The van der Waals surface area contributed by atoms with Gasteiger partial charge in [-0.25, -0.2) is 4.79 Å². The van der Waals surface area contributed by atoms with Crippen molar-refractivity contribution in [1.29, 1.82) is 0 Å². The SMILES string of the molecule is CC(C)(C)c1cc(Br)ccc1OCCOc1ccc(C(=O)O)cc1. The van der Waals surface area contributed by atoms with Gasteiger partial charge in [-0.1, -0.05) is 36.7 Å². The molecular formula is C19H21BrO4. The smallest absolute Gasteiger partial charge is 0.335 e. The number of aromatic carboxylic acids is 1. The van der Waals surface area contributed by atoms with Crippen LogP contribution in [0.5, 0.6) is 11.5 Å². The van der Waals surface area contributed by atoms with Crippen LogP contribution in [0.4, 0.5) is 0 Å². The molecular weight excluding hydrogens is 372 g/mol. The van der Waals surface area contributed by atoms with E-state index in [1.54, 1.807) is 12.1 Å². The minimum Gasteiger partial charge on any atom is -0.490 e. The molecule has 0 saturated heterocycles. The highest BCUT2D eigenvalue weighted by molar-refractivity contribution is 9.10. The summed E-state index contributed by atoms with van der Waals surface area (Å²) in [5.41, 5.74) is 1.35. The number of hydrogen-bond acceptors (Lipinski definition) is 3. The van der Waals surface area contributed by atoms with Crippen molar-refractivity contribution in [2.45, 2.75) is 26.2 Å². The monoisotopic (exact) mass is 392 g/mol. The summed E-state index contributed by atoms with van der Waals surface area (Å²) >= 11 is 3.50. The Morgan fingerprint density at radius 2 is 1.67 bits per heavy atom. The van der Waals surface area contributed by atoms with E-state index in [0.29, 0.717) is 19.0 Å². The van der Waals surface area contributed by atoms with Gasteiger partial charge in [0.25, 0.3) is 0 Å². The Bertz CT molecular complexity index is 702. The molecule has 0 heterocycles. The molecule has 24 heavy (non-hydrogen) atoms. The van der Waals surface area contributed by atoms with Gasteiger partial charge < -0.3 is 14.6 Å². The van der Waals surface area contributed by atoms with Crippen LogP contribution >= 0.6 is 15.9 Å². The van der Waals surface area contributed by atoms with E-state index in [4.69, 9.17) is 14.6 Å². The third-order valence-electron chi connectivity index (χ3n) is 3.46. The molecule has 0 fully saturated rings. The lowest BCUT2D eigenvalue weighted by atomic mass is 9.86. The highest BCUT2D eigenvalue weighted by atomic mass is 79.9. The number of hydrogen-bond donors (Lipinski definition) is 1. The molecule has 0 aliphatic heterocycles. The van der Waals surface area contributed by atoms with Gasteiger partial charge in [-0.3, -0.25) is 0 Å². The zero-order valence-electron chi connectivity index (χ0n) is 14.0. The van der Waals surface area contributed by atoms with E-state index in [1.165, 1.54) is 12.1 Å². The van der Waals surface area contributed by atoms with Gasteiger partial charge in [-0.05, 0) is 47.9 Å². The van der Waals surface area contributed by atoms with E-state index in [0.717, 1.165) is 15.8 Å². The van der Waals surface area contributed by atoms with Crippen LogP contribution in [-0.4, -0.2) is 24.3 Å². The Morgan fingerprint density at radius 3 is 2.25 bits per heavy atom. The predicted molar refractivity (Wildman–Crippen MR) is 97.2 cm³/mol. The van der Waals surface area contributed by atoms with E-state index < -0.39 is 5.97 Å². The summed E-state index contributed by atoms with van der Waals surface area (Å²) in [6, 6.07) is 12.3. The van der Waals surface area contributed by atoms with Crippen molar-refractivity contribution in [3.63, 3.8) is 0 Å². The molecule has 0 bridgehead atoms. The second kappa shape index (κ2) is 7.71. The van der Waals surface area contributed by atoms with E-state index >= 15 is 0 Å². The van der Waals surface area contributed by atoms with E-state index in [2.05, 4.69) is 42.8 Å². The second-order valence-corrected chi connectivity index (χ2v) is 7.33. The van der Waals surface area contributed by atoms with Crippen LogP contribution in [0.1, 0.15) is 36.7 Å². The van der Waals surface area contributed by atoms with Crippen molar-refractivity contribution in [2.75, 3.05) is 13.2 Å². The van der Waals surface area contributed by atoms with Crippen molar-refractivity contribution in [3.8, 4) is 11.5 Å². The van der Waals surface area contributed by atoms with Crippen LogP contribution < -0.4 is 9.47 Å². The fourth-order valence-electron chi connectivity index (χ4n) is 2.22. The summed E-state index contributed by atoms with van der Waals surface area (Å²) < 4.78 is 12.5. The third kappa shape index (κ3) is 4.99. The van der Waals surface area contributed by atoms with E-state index in [-0.39, 0.29) is 11.0 Å². The molecule has 128 valence electrons. The molecule has 0 amide bonds. The molecule has 2 aromatic rings. The van der Waals surface area contributed by atoms with Crippen molar-refractivity contribution in [3.05, 3.63) is 58.1 Å². The van der Waals surface area contributed by atoms with Gasteiger partial charge in [0.15, 0.2) is 0 Å². The molecule has 0 radical (unpaired) electrons. The van der Waals surface area contributed by atoms with Gasteiger partial charge in [0.05, 0.1) is 5.56 Å². The Kier molecular flexibility index (Phi) is 5.89. The lowest BCUT2D eigenvalue weighted by Gasteiger charge is -2.23. The first kappa shape index (κ1) is 18.3. The topological polar surface area (TPSA) is 55.8 Å². The molecule has 0 aliphatic rings. The first-order valence-corrected chi connectivity index (χ1v) is 8.45. The second-order valence-electron chi connectivity index (χ2n) is 6.42. The number of ether oxygens (including phenoxy) is 2. The minimum absolute atomic E-state index is 0.0212. The van der Waals surface area contributed by atoms with Gasteiger partial charge in [0.2, 0.25) is 0 Å². The number of carbonyl (C=O) groups is 1. The fraction of sp³-hybridized carbons (Fsp3) is 0.316. The molecule has 2 rings (SSSR count). The maximum atomic E-state index is 10.8. The summed E-state index contributed by atoms with van der Waals surface area (Å²) in [7, 11) is 0. The number of benzene rings is 2. The molecule has 4 nitrogen and oxygen atoms in total. The summed E-state index contributed by atoms with van der Waals surface area (Å²) in [6.07, 6.45) is 0. The molecule has 0 aliphatic carbocycles.